The predicted octanol–water partition coefficient (Wildman–Crippen LogP) is 2.14. The van der Waals surface area contributed by atoms with Gasteiger partial charge >= 0.3 is 5.97 Å². The second-order valence-electron chi connectivity index (χ2n) is 3.94. The van der Waals surface area contributed by atoms with Crippen LogP contribution in [0.2, 0.25) is 0 Å². The maximum atomic E-state index is 12.0. The van der Waals surface area contributed by atoms with Crippen molar-refractivity contribution in [2.24, 2.45) is 0 Å². The monoisotopic (exact) mass is 284 g/mol. The van der Waals surface area contributed by atoms with Gasteiger partial charge < -0.3 is 23.7 Å². The van der Waals surface area contributed by atoms with Gasteiger partial charge in [0.05, 0.1) is 6.61 Å². The van der Waals surface area contributed by atoms with E-state index in [1.165, 1.54) is 14.2 Å². The molecule has 1 aromatic rings. The maximum absolute atomic E-state index is 12.0. The summed E-state index contributed by atoms with van der Waals surface area (Å²) < 4.78 is 25.5. The number of ether oxygens (including phenoxy) is 5. The van der Waals surface area contributed by atoms with E-state index in [-0.39, 0.29) is 13.6 Å². The molecule has 0 heterocycles. The first-order chi connectivity index (χ1) is 9.63. The minimum Gasteiger partial charge on any atom is -0.467 e. The first kappa shape index (κ1) is 16.3. The van der Waals surface area contributed by atoms with Crippen molar-refractivity contribution >= 4 is 5.97 Å². The van der Waals surface area contributed by atoms with Crippen molar-refractivity contribution in [2.75, 3.05) is 34.4 Å². The zero-order valence-electron chi connectivity index (χ0n) is 12.2. The molecule has 0 aliphatic heterocycles. The van der Waals surface area contributed by atoms with Crippen molar-refractivity contribution in [3.63, 3.8) is 0 Å². The van der Waals surface area contributed by atoms with Crippen molar-refractivity contribution in [1.29, 1.82) is 0 Å². The number of carbonyl (C=O) groups excluding carboxylic acids is 1. The summed E-state index contributed by atoms with van der Waals surface area (Å²) >= 11 is 0. The van der Waals surface area contributed by atoms with E-state index < -0.39 is 5.97 Å². The van der Waals surface area contributed by atoms with Gasteiger partial charge in [-0.1, -0.05) is 0 Å². The molecule has 1 rings (SSSR count). The van der Waals surface area contributed by atoms with E-state index in [0.717, 1.165) is 0 Å². The van der Waals surface area contributed by atoms with E-state index in [0.29, 0.717) is 29.2 Å². The van der Waals surface area contributed by atoms with Crippen LogP contribution in [0.4, 0.5) is 0 Å². The molecule has 6 nitrogen and oxygen atoms in total. The van der Waals surface area contributed by atoms with Crippen LogP contribution in [0.25, 0.3) is 0 Å². The highest BCUT2D eigenvalue weighted by Crippen LogP contribution is 2.29. The van der Waals surface area contributed by atoms with E-state index in [4.69, 9.17) is 23.7 Å². The molecule has 0 unspecified atom stereocenters. The molecule has 6 heteroatoms. The molecule has 0 radical (unpaired) electrons. The Labute approximate surface area is 118 Å². The number of carbonyl (C=O) groups is 1. The lowest BCUT2D eigenvalue weighted by Crippen LogP contribution is -2.11. The Morgan fingerprint density at radius 3 is 2.35 bits per heavy atom. The lowest BCUT2D eigenvalue weighted by Gasteiger charge is -2.15. The van der Waals surface area contributed by atoms with Crippen molar-refractivity contribution in [1.82, 2.24) is 0 Å². The molecule has 0 spiro atoms. The van der Waals surface area contributed by atoms with Crippen LogP contribution in [0.1, 0.15) is 22.8 Å². The number of hydrogen-bond acceptors (Lipinski definition) is 6. The van der Waals surface area contributed by atoms with E-state index in [1.807, 2.05) is 0 Å². The van der Waals surface area contributed by atoms with Crippen molar-refractivity contribution in [2.45, 2.75) is 13.8 Å². The fourth-order valence-electron chi connectivity index (χ4n) is 1.63. The summed E-state index contributed by atoms with van der Waals surface area (Å²) in [6.07, 6.45) is 0. The van der Waals surface area contributed by atoms with Gasteiger partial charge in [-0.3, -0.25) is 0 Å². The molecular weight excluding hydrogens is 264 g/mol. The van der Waals surface area contributed by atoms with E-state index >= 15 is 0 Å². The third-order valence-electron chi connectivity index (χ3n) is 2.43. The minimum atomic E-state index is -0.436. The zero-order valence-corrected chi connectivity index (χ0v) is 12.2. The average Bonchev–Trinajstić information content (AvgIpc) is 2.42. The van der Waals surface area contributed by atoms with Gasteiger partial charge in [-0.05, 0) is 25.5 Å². The molecule has 20 heavy (non-hydrogen) atoms. The fraction of sp³-hybridized carbons (Fsp3) is 0.500. The third kappa shape index (κ3) is 4.40. The molecule has 0 atom stereocenters. The van der Waals surface area contributed by atoms with E-state index in [1.54, 1.807) is 26.0 Å². The Morgan fingerprint density at radius 2 is 1.75 bits per heavy atom. The molecule has 0 N–H and O–H groups in total. The van der Waals surface area contributed by atoms with Crippen LogP contribution in [0.3, 0.4) is 0 Å². The van der Waals surface area contributed by atoms with Gasteiger partial charge in [-0.15, -0.1) is 0 Å². The van der Waals surface area contributed by atoms with Gasteiger partial charge in [0, 0.05) is 20.3 Å². The summed E-state index contributed by atoms with van der Waals surface area (Å²) in [4.78, 5) is 12.0. The molecular formula is C14H20O6. The van der Waals surface area contributed by atoms with Crippen LogP contribution in [-0.2, 0) is 14.2 Å². The van der Waals surface area contributed by atoms with E-state index in [2.05, 4.69) is 0 Å². The summed E-state index contributed by atoms with van der Waals surface area (Å²) in [6, 6.07) is 3.34. The van der Waals surface area contributed by atoms with Gasteiger partial charge in [-0.2, -0.15) is 0 Å². The van der Waals surface area contributed by atoms with Gasteiger partial charge in [0.1, 0.15) is 17.1 Å². The molecule has 112 valence electrons. The summed E-state index contributed by atoms with van der Waals surface area (Å²) in [7, 11) is 3.03. The number of esters is 1. The Morgan fingerprint density at radius 1 is 1.10 bits per heavy atom. The lowest BCUT2D eigenvalue weighted by molar-refractivity contribution is 0.0416. The first-order valence-corrected chi connectivity index (χ1v) is 6.19. The standard InChI is InChI=1S/C14H20O6/c1-5-18-14(15)13-10(2)6-11(19-8-16-3)7-12(13)20-9-17-4/h6-7H,5,8-9H2,1-4H3. The number of aryl methyl sites for hydroxylation is 1. The molecule has 0 saturated carbocycles. The highest BCUT2D eigenvalue weighted by molar-refractivity contribution is 5.94. The van der Waals surface area contributed by atoms with Gasteiger partial charge in [0.25, 0.3) is 0 Å². The topological polar surface area (TPSA) is 63.2 Å². The Hall–Kier alpha value is -1.79. The molecule has 0 bridgehead atoms. The van der Waals surface area contributed by atoms with Crippen molar-refractivity contribution < 1.29 is 28.5 Å². The fourth-order valence-corrected chi connectivity index (χ4v) is 1.63. The summed E-state index contributed by atoms with van der Waals surface area (Å²) in [6.45, 7) is 3.97. The normalized spacial score (nSPS) is 10.2. The average molecular weight is 284 g/mol. The Kier molecular flexibility index (Phi) is 6.83. The van der Waals surface area contributed by atoms with Crippen LogP contribution in [0.5, 0.6) is 11.5 Å². The molecule has 0 aliphatic carbocycles. The first-order valence-electron chi connectivity index (χ1n) is 6.19. The summed E-state index contributed by atoms with van der Waals surface area (Å²) in [5, 5.41) is 0. The number of rotatable bonds is 8. The second-order valence-corrected chi connectivity index (χ2v) is 3.94. The largest absolute Gasteiger partial charge is 0.467 e. The van der Waals surface area contributed by atoms with Crippen LogP contribution in [-0.4, -0.2) is 40.4 Å². The van der Waals surface area contributed by atoms with Crippen LogP contribution >= 0.6 is 0 Å². The zero-order chi connectivity index (χ0) is 15.0. The van der Waals surface area contributed by atoms with Gasteiger partial charge in [-0.25, -0.2) is 4.79 Å². The predicted molar refractivity (Wildman–Crippen MR) is 72.1 cm³/mol. The summed E-state index contributed by atoms with van der Waals surface area (Å²) in [5.74, 6) is 0.467. The molecule has 0 saturated heterocycles. The minimum absolute atomic E-state index is 0.0274. The quantitative estimate of drug-likeness (QED) is 0.538. The molecule has 0 fully saturated rings. The highest BCUT2D eigenvalue weighted by Gasteiger charge is 2.19. The molecule has 0 amide bonds. The van der Waals surface area contributed by atoms with Crippen LogP contribution < -0.4 is 9.47 Å². The van der Waals surface area contributed by atoms with Gasteiger partial charge in [0.2, 0.25) is 0 Å². The lowest BCUT2D eigenvalue weighted by atomic mass is 10.1. The molecule has 0 aromatic heterocycles. The maximum Gasteiger partial charge on any atom is 0.342 e. The van der Waals surface area contributed by atoms with Crippen LogP contribution in [0, 0.1) is 6.92 Å². The van der Waals surface area contributed by atoms with Crippen LogP contribution in [0.15, 0.2) is 12.1 Å². The number of benzene rings is 1. The Bertz CT molecular complexity index is 444. The second kappa shape index (κ2) is 8.39. The van der Waals surface area contributed by atoms with Crippen molar-refractivity contribution in [3.8, 4) is 11.5 Å². The molecule has 0 aliphatic rings. The number of methoxy groups -OCH3 is 2. The van der Waals surface area contributed by atoms with Gasteiger partial charge in [0.15, 0.2) is 13.6 Å². The molecule has 1 aromatic carbocycles. The summed E-state index contributed by atoms with van der Waals surface area (Å²) in [5.41, 5.74) is 1.07. The Balaban J connectivity index is 3.09. The highest BCUT2D eigenvalue weighted by atomic mass is 16.7. The SMILES string of the molecule is CCOC(=O)c1c(C)cc(OCOC)cc1OCOC. The van der Waals surface area contributed by atoms with Crippen molar-refractivity contribution in [3.05, 3.63) is 23.3 Å². The van der Waals surface area contributed by atoms with E-state index in [9.17, 15) is 4.79 Å². The smallest absolute Gasteiger partial charge is 0.342 e. The number of hydrogen-bond donors (Lipinski definition) is 0. The third-order valence-corrected chi connectivity index (χ3v) is 2.43.